The molecule has 0 spiro atoms. The third kappa shape index (κ3) is 6.45. The van der Waals surface area contributed by atoms with Crippen LogP contribution < -0.4 is 21.1 Å². The third-order valence-electron chi connectivity index (χ3n) is 3.81. The fourth-order valence-electron chi connectivity index (χ4n) is 2.36. The predicted molar refractivity (Wildman–Crippen MR) is 113 cm³/mol. The second kappa shape index (κ2) is 10.2. The number of pyridine rings is 1. The molecular formula is C20H28N4O2S. The van der Waals surface area contributed by atoms with Gasteiger partial charge in [-0.15, -0.1) is 0 Å². The highest BCUT2D eigenvalue weighted by Crippen LogP contribution is 2.28. The van der Waals surface area contributed by atoms with Crippen LogP contribution in [0.25, 0.3) is 11.3 Å². The Balaban J connectivity index is 2.26. The van der Waals surface area contributed by atoms with Crippen LogP contribution in [0.15, 0.2) is 42.5 Å². The van der Waals surface area contributed by atoms with Gasteiger partial charge >= 0.3 is 0 Å². The van der Waals surface area contributed by atoms with Crippen LogP contribution in [0.1, 0.15) is 20.8 Å². The van der Waals surface area contributed by atoms with Crippen molar-refractivity contribution in [2.75, 3.05) is 17.6 Å². The number of ether oxygens (including phenoxy) is 1. The first kappa shape index (κ1) is 21.1. The van der Waals surface area contributed by atoms with E-state index in [1.807, 2.05) is 56.3 Å². The molecule has 0 bridgehead atoms. The summed E-state index contributed by atoms with van der Waals surface area (Å²) >= 11 is 4.20. The van der Waals surface area contributed by atoms with Gasteiger partial charge in [0, 0.05) is 29.9 Å². The van der Waals surface area contributed by atoms with Crippen molar-refractivity contribution < 1.29 is 9.53 Å². The molecule has 1 heterocycles. The van der Waals surface area contributed by atoms with Gasteiger partial charge < -0.3 is 21.1 Å². The van der Waals surface area contributed by atoms with Gasteiger partial charge in [0.2, 0.25) is 5.88 Å². The van der Waals surface area contributed by atoms with Gasteiger partial charge in [0.25, 0.3) is 5.91 Å². The van der Waals surface area contributed by atoms with E-state index in [1.54, 1.807) is 6.92 Å². The summed E-state index contributed by atoms with van der Waals surface area (Å²) in [6.07, 6.45) is -0.676. The maximum Gasteiger partial charge on any atom is 0.261 e. The molecule has 1 amide bonds. The maximum atomic E-state index is 12.2. The Morgan fingerprint density at radius 1 is 1.19 bits per heavy atom. The van der Waals surface area contributed by atoms with Crippen molar-refractivity contribution >= 4 is 24.2 Å². The number of hydrogen-bond acceptors (Lipinski definition) is 6. The summed E-state index contributed by atoms with van der Waals surface area (Å²) in [5, 5.41) is 6.08. The number of carbonyl (C=O) groups is 1. The fourth-order valence-corrected chi connectivity index (χ4v) is 2.49. The van der Waals surface area contributed by atoms with Crippen molar-refractivity contribution in [3.05, 3.63) is 42.5 Å². The van der Waals surface area contributed by atoms with Crippen LogP contribution in [0.5, 0.6) is 5.88 Å². The molecule has 2 aromatic rings. The van der Waals surface area contributed by atoms with E-state index < -0.39 is 6.10 Å². The minimum Gasteiger partial charge on any atom is -0.463 e. The second-order valence-corrected chi connectivity index (χ2v) is 7.03. The van der Waals surface area contributed by atoms with Gasteiger partial charge in [0.1, 0.15) is 0 Å². The molecule has 0 aliphatic heterocycles. The number of amides is 1. The minimum atomic E-state index is -0.676. The van der Waals surface area contributed by atoms with Crippen LogP contribution in [0.2, 0.25) is 0 Å². The summed E-state index contributed by atoms with van der Waals surface area (Å²) in [6.45, 7) is 6.05. The summed E-state index contributed by atoms with van der Waals surface area (Å²) in [7, 11) is 0. The van der Waals surface area contributed by atoms with E-state index in [0.29, 0.717) is 23.9 Å². The molecule has 146 valence electrons. The highest BCUT2D eigenvalue weighted by Gasteiger charge is 2.19. The molecule has 7 heteroatoms. The van der Waals surface area contributed by atoms with Gasteiger partial charge in [-0.1, -0.05) is 30.3 Å². The number of thiol groups is 1. The molecule has 2 atom stereocenters. The number of anilines is 1. The number of aromatic nitrogens is 1. The second-order valence-electron chi connectivity index (χ2n) is 6.66. The zero-order chi connectivity index (χ0) is 19.8. The van der Waals surface area contributed by atoms with E-state index in [0.717, 1.165) is 11.3 Å². The van der Waals surface area contributed by atoms with Gasteiger partial charge in [0.05, 0.1) is 11.4 Å². The molecule has 0 aliphatic carbocycles. The van der Waals surface area contributed by atoms with Crippen molar-refractivity contribution in [1.82, 2.24) is 10.3 Å². The van der Waals surface area contributed by atoms with E-state index in [2.05, 4.69) is 28.2 Å². The molecule has 1 aromatic heterocycles. The molecule has 4 N–H and O–H groups in total. The highest BCUT2D eigenvalue weighted by molar-refractivity contribution is 7.80. The van der Waals surface area contributed by atoms with Crippen LogP contribution in [-0.2, 0) is 4.79 Å². The Labute approximate surface area is 166 Å². The van der Waals surface area contributed by atoms with Gasteiger partial charge in [0.15, 0.2) is 6.10 Å². The normalized spacial score (nSPS) is 13.1. The number of nitrogens with one attached hydrogen (secondary N) is 2. The van der Waals surface area contributed by atoms with Gasteiger partial charge in [-0.25, -0.2) is 4.98 Å². The maximum absolute atomic E-state index is 12.2. The first-order valence-corrected chi connectivity index (χ1v) is 9.67. The van der Waals surface area contributed by atoms with E-state index >= 15 is 0 Å². The molecule has 2 unspecified atom stereocenters. The van der Waals surface area contributed by atoms with Crippen molar-refractivity contribution in [1.29, 1.82) is 0 Å². The predicted octanol–water partition coefficient (Wildman–Crippen LogP) is 2.71. The zero-order valence-electron chi connectivity index (χ0n) is 16.0. The number of nitrogens with two attached hydrogens (primary N) is 1. The number of carbonyl (C=O) groups excluding carboxylic acids is 1. The molecule has 1 aromatic carbocycles. The van der Waals surface area contributed by atoms with Crippen LogP contribution in [0.3, 0.4) is 0 Å². The van der Waals surface area contributed by atoms with Gasteiger partial charge in [-0.3, -0.25) is 4.79 Å². The highest BCUT2D eigenvalue weighted by atomic mass is 32.1. The largest absolute Gasteiger partial charge is 0.463 e. The van der Waals surface area contributed by atoms with E-state index in [1.165, 1.54) is 0 Å². The average Bonchev–Trinajstić information content (AvgIpc) is 2.66. The topological polar surface area (TPSA) is 89.3 Å². The standard InChI is InChI=1S/C20H28N4O2S/c1-13(2)23-19(25)14(3)26-20-18(22-11-16(21)12-27)10-9-17(24-20)15-7-5-4-6-8-15/h4-10,13-14,16,22,27H,11-12,21H2,1-3H3,(H,23,25). The Hall–Kier alpha value is -2.25. The van der Waals surface area contributed by atoms with Crippen molar-refractivity contribution in [2.45, 2.75) is 39.0 Å². The smallest absolute Gasteiger partial charge is 0.261 e. The summed E-state index contributed by atoms with van der Waals surface area (Å²) < 4.78 is 5.89. The quantitative estimate of drug-likeness (QED) is 0.496. The SMILES string of the molecule is CC(C)NC(=O)C(C)Oc1nc(-c2ccccc2)ccc1NCC(N)CS. The van der Waals surface area contributed by atoms with Crippen molar-refractivity contribution in [2.24, 2.45) is 5.73 Å². The summed E-state index contributed by atoms with van der Waals surface area (Å²) in [5.74, 6) is 0.746. The molecule has 0 saturated heterocycles. The average molecular weight is 389 g/mol. The molecule has 2 rings (SSSR count). The Kier molecular flexibility index (Phi) is 7.94. The lowest BCUT2D eigenvalue weighted by atomic mass is 10.1. The minimum absolute atomic E-state index is 0.0399. The third-order valence-corrected chi connectivity index (χ3v) is 4.28. The van der Waals surface area contributed by atoms with E-state index in [9.17, 15) is 4.79 Å². The Morgan fingerprint density at radius 2 is 1.89 bits per heavy atom. The van der Waals surface area contributed by atoms with Crippen LogP contribution in [-0.4, -0.2) is 41.4 Å². The molecule has 6 nitrogen and oxygen atoms in total. The lowest BCUT2D eigenvalue weighted by molar-refractivity contribution is -0.127. The first-order valence-electron chi connectivity index (χ1n) is 9.04. The Bertz CT molecular complexity index is 740. The van der Waals surface area contributed by atoms with Crippen molar-refractivity contribution in [3.63, 3.8) is 0 Å². The molecule has 0 radical (unpaired) electrons. The zero-order valence-corrected chi connectivity index (χ0v) is 16.9. The summed E-state index contributed by atoms with van der Waals surface area (Å²) in [6, 6.07) is 13.6. The van der Waals surface area contributed by atoms with Crippen LogP contribution >= 0.6 is 12.6 Å². The molecule has 27 heavy (non-hydrogen) atoms. The van der Waals surface area contributed by atoms with Crippen LogP contribution in [0.4, 0.5) is 5.69 Å². The fraction of sp³-hybridized carbons (Fsp3) is 0.400. The first-order chi connectivity index (χ1) is 12.9. The molecule has 0 fully saturated rings. The van der Waals surface area contributed by atoms with Gasteiger partial charge in [-0.05, 0) is 32.9 Å². The van der Waals surface area contributed by atoms with Gasteiger partial charge in [-0.2, -0.15) is 12.6 Å². The lowest BCUT2D eigenvalue weighted by Gasteiger charge is -2.19. The van der Waals surface area contributed by atoms with Crippen LogP contribution in [0, 0.1) is 0 Å². The lowest BCUT2D eigenvalue weighted by Crippen LogP contribution is -2.40. The number of benzene rings is 1. The number of hydrogen-bond donors (Lipinski definition) is 4. The summed E-state index contributed by atoms with van der Waals surface area (Å²) in [5.41, 5.74) is 8.36. The molecular weight excluding hydrogens is 360 g/mol. The molecule has 0 aliphatic rings. The number of rotatable bonds is 9. The summed E-state index contributed by atoms with van der Waals surface area (Å²) in [4.78, 5) is 16.8. The van der Waals surface area contributed by atoms with E-state index in [-0.39, 0.29) is 18.0 Å². The number of nitrogens with zero attached hydrogens (tertiary/aromatic N) is 1. The van der Waals surface area contributed by atoms with Crippen molar-refractivity contribution in [3.8, 4) is 17.1 Å². The van der Waals surface area contributed by atoms with E-state index in [4.69, 9.17) is 10.5 Å². The molecule has 0 saturated carbocycles. The Morgan fingerprint density at radius 3 is 2.52 bits per heavy atom. The monoisotopic (exact) mass is 388 g/mol.